The number of hydrogen-bond acceptors (Lipinski definition) is 10. The average Bonchev–Trinajstić information content (AvgIpc) is 3.05. The highest BCUT2D eigenvalue weighted by molar-refractivity contribution is 5.97. The molecule has 0 saturated carbocycles. The fraction of sp³-hybridized carbons (Fsp3) is 0.576. The smallest absolute Gasteiger partial charge is 0.326 e. The minimum Gasteiger partial charge on any atom is -0.481 e. The Labute approximate surface area is 295 Å². The summed E-state index contributed by atoms with van der Waals surface area (Å²) < 4.78 is 0. The number of carboxylic acid groups (broad SMARTS) is 3. The first-order valence-corrected chi connectivity index (χ1v) is 16.6. The number of nitrogens with two attached hydrogens (primary N) is 2. The third kappa shape index (κ3) is 16.9. The summed E-state index contributed by atoms with van der Waals surface area (Å²) in [5, 5.41) is 39.8. The first-order valence-electron chi connectivity index (χ1n) is 16.6. The highest BCUT2D eigenvalue weighted by Crippen LogP contribution is 2.10. The van der Waals surface area contributed by atoms with Crippen LogP contribution in [0.3, 0.4) is 0 Å². The van der Waals surface area contributed by atoms with Crippen LogP contribution in [0.1, 0.15) is 77.7 Å². The van der Waals surface area contributed by atoms with E-state index in [1.165, 1.54) is 20.8 Å². The summed E-state index contributed by atoms with van der Waals surface area (Å²) in [7, 11) is 0. The number of rotatable bonds is 24. The molecule has 5 amide bonds. The van der Waals surface area contributed by atoms with Gasteiger partial charge in [0.25, 0.3) is 0 Å². The fourth-order valence-electron chi connectivity index (χ4n) is 4.69. The second kappa shape index (κ2) is 21.9. The van der Waals surface area contributed by atoms with E-state index in [4.69, 9.17) is 21.7 Å². The summed E-state index contributed by atoms with van der Waals surface area (Å²) in [6, 6.07) is 2.35. The normalized spacial score (nSPS) is 14.1. The van der Waals surface area contributed by atoms with Gasteiger partial charge in [0.2, 0.25) is 29.5 Å². The van der Waals surface area contributed by atoms with Gasteiger partial charge in [0, 0.05) is 19.3 Å². The Morgan fingerprint density at radius 1 is 0.686 bits per heavy atom. The summed E-state index contributed by atoms with van der Waals surface area (Å²) in [5.74, 6) is -7.72. The summed E-state index contributed by atoms with van der Waals surface area (Å²) in [4.78, 5) is 99.3. The van der Waals surface area contributed by atoms with Gasteiger partial charge in [-0.25, -0.2) is 4.79 Å². The minimum atomic E-state index is -1.71. The molecular weight excluding hydrogens is 670 g/mol. The molecule has 12 N–H and O–H groups in total. The molecule has 18 heteroatoms. The molecule has 284 valence electrons. The van der Waals surface area contributed by atoms with Crippen LogP contribution in [0.25, 0.3) is 0 Å². The van der Waals surface area contributed by atoms with Gasteiger partial charge in [0.15, 0.2) is 0 Å². The molecule has 0 fully saturated rings. The third-order valence-corrected chi connectivity index (χ3v) is 7.74. The number of amides is 5. The van der Waals surface area contributed by atoms with Crippen LogP contribution in [-0.4, -0.2) is 105 Å². The van der Waals surface area contributed by atoms with E-state index in [1.807, 2.05) is 0 Å². The number of carbonyl (C=O) groups is 8. The van der Waals surface area contributed by atoms with E-state index in [-0.39, 0.29) is 38.5 Å². The number of benzene rings is 1. The van der Waals surface area contributed by atoms with E-state index < -0.39 is 89.6 Å². The molecule has 0 saturated heterocycles. The predicted molar refractivity (Wildman–Crippen MR) is 183 cm³/mol. The third-order valence-electron chi connectivity index (χ3n) is 7.74. The van der Waals surface area contributed by atoms with Crippen molar-refractivity contribution >= 4 is 47.4 Å². The Morgan fingerprint density at radius 2 is 1.27 bits per heavy atom. The van der Waals surface area contributed by atoms with Crippen molar-refractivity contribution in [3.63, 3.8) is 0 Å². The molecule has 0 heterocycles. The molecule has 5 atom stereocenters. The zero-order valence-corrected chi connectivity index (χ0v) is 29.1. The number of unbranched alkanes of at least 4 members (excludes halogenated alkanes) is 1. The first kappa shape index (κ1) is 43.9. The Bertz CT molecular complexity index is 1370. The van der Waals surface area contributed by atoms with E-state index in [0.717, 1.165) is 0 Å². The molecule has 1 aromatic rings. The molecule has 0 aliphatic heterocycles. The monoisotopic (exact) mass is 721 g/mol. The lowest BCUT2D eigenvalue weighted by Gasteiger charge is -2.30. The Kier molecular flexibility index (Phi) is 18.8. The SMILES string of the molecule is C[C@H](NC(=O)C(C)(C)NC(=O)[C@H](CCC(=O)O)NC(=O)[C@@H](N)CCCC(=O)O)C(=O)N[C@@H](Cc1ccccc1)C(=O)N[C@@H](CCCCN)C(=O)O. The molecule has 0 spiro atoms. The van der Waals surface area contributed by atoms with Crippen molar-refractivity contribution in [2.75, 3.05) is 6.54 Å². The number of carbonyl (C=O) groups excluding carboxylic acids is 5. The summed E-state index contributed by atoms with van der Waals surface area (Å²) >= 11 is 0. The topological polar surface area (TPSA) is 309 Å². The van der Waals surface area contributed by atoms with Crippen molar-refractivity contribution in [3.05, 3.63) is 35.9 Å². The highest BCUT2D eigenvalue weighted by Gasteiger charge is 2.35. The van der Waals surface area contributed by atoms with E-state index in [1.54, 1.807) is 30.3 Å². The Balaban J connectivity index is 3.02. The highest BCUT2D eigenvalue weighted by atomic mass is 16.4. The molecule has 1 aromatic carbocycles. The maximum atomic E-state index is 13.3. The van der Waals surface area contributed by atoms with Crippen molar-refractivity contribution in [1.29, 1.82) is 0 Å². The van der Waals surface area contributed by atoms with Crippen molar-refractivity contribution in [1.82, 2.24) is 26.6 Å². The Hall–Kier alpha value is -5.10. The van der Waals surface area contributed by atoms with Gasteiger partial charge in [-0.1, -0.05) is 30.3 Å². The van der Waals surface area contributed by atoms with Crippen LogP contribution in [0.4, 0.5) is 0 Å². The largest absolute Gasteiger partial charge is 0.481 e. The van der Waals surface area contributed by atoms with Crippen molar-refractivity contribution in [2.45, 2.75) is 114 Å². The van der Waals surface area contributed by atoms with Crippen molar-refractivity contribution in [2.24, 2.45) is 11.5 Å². The van der Waals surface area contributed by atoms with Crippen molar-refractivity contribution in [3.8, 4) is 0 Å². The van der Waals surface area contributed by atoms with Crippen LogP contribution in [-0.2, 0) is 44.8 Å². The lowest BCUT2D eigenvalue weighted by atomic mass is 10.0. The molecule has 0 aromatic heterocycles. The van der Waals surface area contributed by atoms with Gasteiger partial charge in [-0.05, 0) is 71.4 Å². The lowest BCUT2D eigenvalue weighted by Crippen LogP contribution is -2.62. The molecule has 0 unspecified atom stereocenters. The van der Waals surface area contributed by atoms with Gasteiger partial charge in [0.05, 0.1) is 6.04 Å². The van der Waals surface area contributed by atoms with Crippen LogP contribution >= 0.6 is 0 Å². The van der Waals surface area contributed by atoms with E-state index >= 15 is 0 Å². The zero-order valence-electron chi connectivity index (χ0n) is 29.1. The lowest BCUT2D eigenvalue weighted by molar-refractivity contribution is -0.142. The number of carboxylic acids is 3. The molecule has 0 radical (unpaired) electrons. The number of aliphatic carboxylic acids is 3. The molecule has 0 bridgehead atoms. The predicted octanol–water partition coefficient (Wildman–Crippen LogP) is -1.26. The van der Waals surface area contributed by atoms with Crippen LogP contribution in [0, 0.1) is 0 Å². The number of nitrogens with one attached hydrogen (secondary N) is 5. The second-order valence-corrected chi connectivity index (χ2v) is 12.6. The van der Waals surface area contributed by atoms with E-state index in [2.05, 4.69) is 26.6 Å². The minimum absolute atomic E-state index is 0.00242. The quantitative estimate of drug-likeness (QED) is 0.0559. The summed E-state index contributed by atoms with van der Waals surface area (Å²) in [6.07, 6.45) is 0.104. The maximum Gasteiger partial charge on any atom is 0.326 e. The van der Waals surface area contributed by atoms with Crippen LogP contribution in [0.5, 0.6) is 0 Å². The van der Waals surface area contributed by atoms with Gasteiger partial charge in [-0.3, -0.25) is 33.6 Å². The fourth-order valence-corrected chi connectivity index (χ4v) is 4.69. The van der Waals surface area contributed by atoms with Gasteiger partial charge < -0.3 is 53.4 Å². The zero-order chi connectivity index (χ0) is 38.7. The molecule has 51 heavy (non-hydrogen) atoms. The van der Waals surface area contributed by atoms with Gasteiger partial charge in [-0.2, -0.15) is 0 Å². The van der Waals surface area contributed by atoms with E-state index in [0.29, 0.717) is 24.9 Å². The Morgan fingerprint density at radius 3 is 1.84 bits per heavy atom. The second-order valence-electron chi connectivity index (χ2n) is 12.6. The first-order chi connectivity index (χ1) is 23.9. The van der Waals surface area contributed by atoms with Gasteiger partial charge in [-0.15, -0.1) is 0 Å². The van der Waals surface area contributed by atoms with Gasteiger partial charge in [0.1, 0.15) is 29.7 Å². The standard InChI is InChI=1S/C33H51N7O11/c1-19(27(45)39-24(18-20-10-5-4-6-11-20)29(47)38-23(31(49)50)13-7-8-17-34)36-32(51)33(2,3)40-30(48)22(15-16-26(43)44)37-28(46)21(35)12-9-14-25(41)42/h4-6,10-11,19,21-24H,7-9,12-18,34-35H2,1-3H3,(H,36,51)(H,37,46)(H,38,47)(H,39,45)(H,40,48)(H,41,42)(H,43,44)(H,49,50)/t19-,21-,22-,23-,24-/m0/s1. The van der Waals surface area contributed by atoms with Crippen LogP contribution < -0.4 is 38.1 Å². The molecule has 18 nitrogen and oxygen atoms in total. The molecule has 0 aliphatic rings. The van der Waals surface area contributed by atoms with E-state index in [9.17, 15) is 43.5 Å². The summed E-state index contributed by atoms with van der Waals surface area (Å²) in [6.45, 7) is 4.30. The van der Waals surface area contributed by atoms with Crippen LogP contribution in [0.2, 0.25) is 0 Å². The van der Waals surface area contributed by atoms with Crippen LogP contribution in [0.15, 0.2) is 30.3 Å². The molecular formula is C33H51N7O11. The molecule has 1 rings (SSSR count). The average molecular weight is 722 g/mol. The van der Waals surface area contributed by atoms with Crippen molar-refractivity contribution < 1.29 is 53.7 Å². The summed E-state index contributed by atoms with van der Waals surface area (Å²) in [5.41, 5.74) is 10.3. The number of hydrogen-bond donors (Lipinski definition) is 10. The molecule has 0 aliphatic carbocycles. The van der Waals surface area contributed by atoms with Gasteiger partial charge >= 0.3 is 17.9 Å². The maximum absolute atomic E-state index is 13.3.